The van der Waals surface area contributed by atoms with E-state index in [4.69, 9.17) is 0 Å². The molecule has 142 valence electrons. The van der Waals surface area contributed by atoms with Gasteiger partial charge < -0.3 is 10.6 Å². The summed E-state index contributed by atoms with van der Waals surface area (Å²) in [5, 5.41) is 20.7. The quantitative estimate of drug-likeness (QED) is 0.570. The van der Waals surface area contributed by atoms with Crippen LogP contribution in [0, 0.1) is 10.1 Å². The molecule has 1 saturated carbocycles. The van der Waals surface area contributed by atoms with Gasteiger partial charge in [-0.25, -0.2) is 0 Å². The molecule has 3 rings (SSSR count). The van der Waals surface area contributed by atoms with Crippen LogP contribution in [0.25, 0.3) is 0 Å². The summed E-state index contributed by atoms with van der Waals surface area (Å²) in [7, 11) is 0. The van der Waals surface area contributed by atoms with Crippen LogP contribution in [0.2, 0.25) is 0 Å². The first-order chi connectivity index (χ1) is 13.0. The zero-order chi connectivity index (χ0) is 19.2. The van der Waals surface area contributed by atoms with Crippen molar-refractivity contribution in [2.45, 2.75) is 44.7 Å². The Kier molecular flexibility index (Phi) is 5.80. The number of nitrogens with one attached hydrogen (secondary N) is 2. The Morgan fingerprint density at radius 3 is 2.70 bits per heavy atom. The number of hydrogen-bond acceptors (Lipinski definition) is 5. The molecule has 27 heavy (non-hydrogen) atoms. The Labute approximate surface area is 155 Å². The zero-order valence-corrected chi connectivity index (χ0v) is 14.8. The number of benzene rings is 1. The maximum atomic E-state index is 12.2. The SMILES string of the molecule is O=C(Cc1ccccc1[N+](=O)[O-])Nc1cnn(CC(=O)NC2CCCC2)c1. The number of anilines is 1. The maximum Gasteiger partial charge on any atom is 0.273 e. The first-order valence-corrected chi connectivity index (χ1v) is 8.85. The molecule has 2 aromatic rings. The lowest BCUT2D eigenvalue weighted by atomic mass is 10.1. The number of para-hydroxylation sites is 1. The second kappa shape index (κ2) is 8.43. The van der Waals surface area contributed by atoms with Gasteiger partial charge in [-0.3, -0.25) is 24.4 Å². The van der Waals surface area contributed by atoms with E-state index in [1.807, 2.05) is 0 Å². The summed E-state index contributed by atoms with van der Waals surface area (Å²) >= 11 is 0. The number of amides is 2. The summed E-state index contributed by atoms with van der Waals surface area (Å²) in [6, 6.07) is 6.36. The molecule has 1 aliphatic rings. The van der Waals surface area contributed by atoms with Crippen molar-refractivity contribution in [2.24, 2.45) is 0 Å². The van der Waals surface area contributed by atoms with E-state index in [0.717, 1.165) is 25.7 Å². The Morgan fingerprint density at radius 1 is 1.22 bits per heavy atom. The highest BCUT2D eigenvalue weighted by Crippen LogP contribution is 2.19. The van der Waals surface area contributed by atoms with Crippen LogP contribution in [0.5, 0.6) is 0 Å². The molecule has 0 bridgehead atoms. The van der Waals surface area contributed by atoms with E-state index in [1.165, 1.54) is 16.9 Å². The minimum Gasteiger partial charge on any atom is -0.352 e. The molecule has 1 aromatic heterocycles. The van der Waals surface area contributed by atoms with Crippen molar-refractivity contribution in [2.75, 3.05) is 5.32 Å². The number of nitrogens with zero attached hydrogens (tertiary/aromatic N) is 3. The normalized spacial score (nSPS) is 14.1. The van der Waals surface area contributed by atoms with Gasteiger partial charge in [-0.2, -0.15) is 5.10 Å². The molecule has 9 heteroatoms. The third-order valence-electron chi connectivity index (χ3n) is 4.48. The van der Waals surface area contributed by atoms with E-state index >= 15 is 0 Å². The van der Waals surface area contributed by atoms with Crippen LogP contribution < -0.4 is 10.6 Å². The third kappa shape index (κ3) is 5.13. The van der Waals surface area contributed by atoms with Gasteiger partial charge in [0.05, 0.1) is 23.2 Å². The Bertz CT molecular complexity index is 842. The summed E-state index contributed by atoms with van der Waals surface area (Å²) in [5.41, 5.74) is 0.683. The average molecular weight is 371 g/mol. The van der Waals surface area contributed by atoms with Gasteiger partial charge >= 0.3 is 0 Å². The van der Waals surface area contributed by atoms with E-state index < -0.39 is 4.92 Å². The monoisotopic (exact) mass is 371 g/mol. The molecule has 0 radical (unpaired) electrons. The van der Waals surface area contributed by atoms with E-state index in [0.29, 0.717) is 11.3 Å². The number of carbonyl (C=O) groups excluding carboxylic acids is 2. The lowest BCUT2D eigenvalue weighted by Gasteiger charge is -2.11. The van der Waals surface area contributed by atoms with Crippen LogP contribution in [0.4, 0.5) is 11.4 Å². The van der Waals surface area contributed by atoms with Crippen LogP contribution in [-0.4, -0.2) is 32.6 Å². The van der Waals surface area contributed by atoms with Gasteiger partial charge in [-0.05, 0) is 12.8 Å². The lowest BCUT2D eigenvalue weighted by Crippen LogP contribution is -2.35. The molecular weight excluding hydrogens is 350 g/mol. The molecule has 0 saturated heterocycles. The van der Waals surface area contributed by atoms with Crippen molar-refractivity contribution in [1.29, 1.82) is 0 Å². The van der Waals surface area contributed by atoms with Gasteiger partial charge in [0.2, 0.25) is 11.8 Å². The molecule has 1 aromatic carbocycles. The Balaban J connectivity index is 1.53. The number of carbonyl (C=O) groups is 2. The number of rotatable bonds is 7. The van der Waals surface area contributed by atoms with E-state index in [9.17, 15) is 19.7 Å². The van der Waals surface area contributed by atoms with Crippen LogP contribution in [0.1, 0.15) is 31.2 Å². The Hall–Kier alpha value is -3.23. The minimum atomic E-state index is -0.510. The molecule has 9 nitrogen and oxygen atoms in total. The van der Waals surface area contributed by atoms with Gasteiger partial charge in [-0.1, -0.05) is 31.0 Å². The van der Waals surface area contributed by atoms with Crippen molar-refractivity contribution < 1.29 is 14.5 Å². The summed E-state index contributed by atoms with van der Waals surface area (Å²) in [4.78, 5) is 34.7. The predicted octanol–water partition coefficient (Wildman–Crippen LogP) is 2.03. The number of aromatic nitrogens is 2. The highest BCUT2D eigenvalue weighted by molar-refractivity contribution is 5.92. The molecule has 2 N–H and O–H groups in total. The van der Waals surface area contributed by atoms with Crippen LogP contribution in [-0.2, 0) is 22.6 Å². The average Bonchev–Trinajstić information content (AvgIpc) is 3.27. The summed E-state index contributed by atoms with van der Waals surface area (Å²) in [6.07, 6.45) is 7.19. The maximum absolute atomic E-state index is 12.2. The minimum absolute atomic E-state index is 0.0799. The fourth-order valence-electron chi connectivity index (χ4n) is 3.22. The number of nitro benzene ring substituents is 1. The molecule has 1 aliphatic carbocycles. The van der Waals surface area contributed by atoms with E-state index in [1.54, 1.807) is 24.4 Å². The first kappa shape index (κ1) is 18.6. The van der Waals surface area contributed by atoms with Crippen molar-refractivity contribution in [1.82, 2.24) is 15.1 Å². The fraction of sp³-hybridized carbons (Fsp3) is 0.389. The van der Waals surface area contributed by atoms with Crippen LogP contribution in [0.3, 0.4) is 0 Å². The lowest BCUT2D eigenvalue weighted by molar-refractivity contribution is -0.385. The zero-order valence-electron chi connectivity index (χ0n) is 14.8. The highest BCUT2D eigenvalue weighted by atomic mass is 16.6. The molecule has 2 amide bonds. The molecule has 0 aliphatic heterocycles. The van der Waals surface area contributed by atoms with Crippen LogP contribution >= 0.6 is 0 Å². The first-order valence-electron chi connectivity index (χ1n) is 8.85. The number of hydrogen-bond donors (Lipinski definition) is 2. The highest BCUT2D eigenvalue weighted by Gasteiger charge is 2.18. The summed E-state index contributed by atoms with van der Waals surface area (Å²) in [6.45, 7) is 0.0799. The smallest absolute Gasteiger partial charge is 0.273 e. The van der Waals surface area contributed by atoms with Gasteiger partial charge in [0.15, 0.2) is 0 Å². The largest absolute Gasteiger partial charge is 0.352 e. The second-order valence-corrected chi connectivity index (χ2v) is 6.59. The Morgan fingerprint density at radius 2 is 1.96 bits per heavy atom. The van der Waals surface area contributed by atoms with Crippen molar-refractivity contribution in [3.8, 4) is 0 Å². The third-order valence-corrected chi connectivity index (χ3v) is 4.48. The molecule has 1 fully saturated rings. The van der Waals surface area contributed by atoms with Crippen LogP contribution in [0.15, 0.2) is 36.7 Å². The summed E-state index contributed by atoms with van der Waals surface area (Å²) in [5.74, 6) is -0.498. The fourth-order valence-corrected chi connectivity index (χ4v) is 3.22. The molecular formula is C18H21N5O4. The van der Waals surface area contributed by atoms with E-state index in [2.05, 4.69) is 15.7 Å². The topological polar surface area (TPSA) is 119 Å². The van der Waals surface area contributed by atoms with E-state index in [-0.39, 0.29) is 36.5 Å². The van der Waals surface area contributed by atoms with Crippen molar-refractivity contribution in [3.05, 3.63) is 52.3 Å². The van der Waals surface area contributed by atoms with Gasteiger partial charge in [0.1, 0.15) is 6.54 Å². The molecule has 0 spiro atoms. The standard InChI is InChI=1S/C18H21N5O4/c24-17(9-13-5-1-4-8-16(13)23(26)27)21-15-10-19-22(11-15)12-18(25)20-14-6-2-3-7-14/h1,4-5,8,10-11,14H,2-3,6-7,9,12H2,(H,20,25)(H,21,24). The number of nitro groups is 1. The van der Waals surface area contributed by atoms with Crippen molar-refractivity contribution in [3.63, 3.8) is 0 Å². The summed E-state index contributed by atoms with van der Waals surface area (Å²) < 4.78 is 1.45. The molecule has 0 atom stereocenters. The van der Waals surface area contributed by atoms with Gasteiger partial charge in [0, 0.05) is 23.9 Å². The molecule has 0 unspecified atom stereocenters. The second-order valence-electron chi connectivity index (χ2n) is 6.59. The van der Waals surface area contributed by atoms with Crippen molar-refractivity contribution >= 4 is 23.2 Å². The predicted molar refractivity (Wildman–Crippen MR) is 98.1 cm³/mol. The molecule has 1 heterocycles. The van der Waals surface area contributed by atoms with Gasteiger partial charge in [-0.15, -0.1) is 0 Å². The van der Waals surface area contributed by atoms with Gasteiger partial charge in [0.25, 0.3) is 5.69 Å².